The summed E-state index contributed by atoms with van der Waals surface area (Å²) < 4.78 is 27.4. The molecule has 0 aromatic heterocycles. The maximum atomic E-state index is 13.5. The van der Waals surface area contributed by atoms with Gasteiger partial charge >= 0.3 is 0 Å². The summed E-state index contributed by atoms with van der Waals surface area (Å²) in [6.45, 7) is 0. The number of hydrogen-bond donors (Lipinski definition) is 1. The lowest BCUT2D eigenvalue weighted by atomic mass is 10.1. The highest BCUT2D eigenvalue weighted by molar-refractivity contribution is 9.10. The summed E-state index contributed by atoms with van der Waals surface area (Å²) in [4.78, 5) is 22.1. The molecule has 1 N–H and O–H groups in total. The van der Waals surface area contributed by atoms with Gasteiger partial charge < -0.3 is 5.32 Å². The van der Waals surface area contributed by atoms with Crippen molar-refractivity contribution in [1.29, 1.82) is 0 Å². The van der Waals surface area contributed by atoms with Crippen molar-refractivity contribution >= 4 is 33.2 Å². The van der Waals surface area contributed by atoms with Crippen LogP contribution in [0.3, 0.4) is 0 Å². The fraction of sp³-hybridized carbons (Fsp3) is 0. The lowest BCUT2D eigenvalue weighted by Crippen LogP contribution is -2.16. The van der Waals surface area contributed by atoms with Crippen LogP contribution in [-0.4, -0.2) is 10.8 Å². The second kappa shape index (κ2) is 5.96. The molecule has 108 valence electrons. The molecule has 1 amide bonds. The Hall–Kier alpha value is -2.35. The summed E-state index contributed by atoms with van der Waals surface area (Å²) >= 11 is 3.06. The second-order valence-electron chi connectivity index (χ2n) is 3.97. The Kier molecular flexibility index (Phi) is 4.27. The first-order valence-electron chi connectivity index (χ1n) is 5.59. The van der Waals surface area contributed by atoms with Gasteiger partial charge in [-0.25, -0.2) is 8.78 Å². The van der Waals surface area contributed by atoms with Crippen molar-refractivity contribution in [1.82, 2.24) is 0 Å². The minimum atomic E-state index is -1.10. The van der Waals surface area contributed by atoms with Crippen molar-refractivity contribution in [3.63, 3.8) is 0 Å². The van der Waals surface area contributed by atoms with E-state index in [-0.39, 0.29) is 5.69 Å². The zero-order valence-electron chi connectivity index (χ0n) is 10.3. The predicted octanol–water partition coefficient (Wildman–Crippen LogP) is 3.89. The molecule has 0 atom stereocenters. The highest BCUT2D eigenvalue weighted by Crippen LogP contribution is 2.28. The average molecular weight is 357 g/mol. The Morgan fingerprint density at radius 1 is 1.19 bits per heavy atom. The zero-order chi connectivity index (χ0) is 15.6. The Labute approximate surface area is 125 Å². The van der Waals surface area contributed by atoms with E-state index < -0.39 is 33.7 Å². The molecular weight excluding hydrogens is 350 g/mol. The quantitative estimate of drug-likeness (QED) is 0.669. The highest BCUT2D eigenvalue weighted by Gasteiger charge is 2.21. The molecule has 8 heteroatoms. The van der Waals surface area contributed by atoms with Gasteiger partial charge in [-0.2, -0.15) is 0 Å². The Morgan fingerprint density at radius 3 is 2.38 bits per heavy atom. The van der Waals surface area contributed by atoms with Crippen molar-refractivity contribution in [3.8, 4) is 0 Å². The number of nitrogens with zero attached hydrogens (tertiary/aromatic N) is 1. The SMILES string of the molecule is O=C(Nc1ccc(Br)cc1[N+](=O)[O-])c1c(F)cccc1F. The summed E-state index contributed by atoms with van der Waals surface area (Å²) in [6, 6.07) is 6.86. The Bertz CT molecular complexity index is 717. The van der Waals surface area contributed by atoms with E-state index in [1.165, 1.54) is 18.2 Å². The molecule has 0 aliphatic carbocycles. The minimum Gasteiger partial charge on any atom is -0.316 e. The Morgan fingerprint density at radius 2 is 1.81 bits per heavy atom. The van der Waals surface area contributed by atoms with Gasteiger partial charge in [0.15, 0.2) is 0 Å². The lowest BCUT2D eigenvalue weighted by molar-refractivity contribution is -0.384. The van der Waals surface area contributed by atoms with E-state index in [2.05, 4.69) is 21.2 Å². The third kappa shape index (κ3) is 3.22. The first kappa shape index (κ1) is 15.0. The van der Waals surface area contributed by atoms with Crippen molar-refractivity contribution in [3.05, 3.63) is 68.2 Å². The molecule has 2 aromatic rings. The number of halogens is 3. The second-order valence-corrected chi connectivity index (χ2v) is 4.89. The molecule has 2 rings (SSSR count). The van der Waals surface area contributed by atoms with E-state index in [0.29, 0.717) is 4.47 Å². The molecular formula is C13H7BrF2N2O3. The van der Waals surface area contributed by atoms with Crippen molar-refractivity contribution in [2.45, 2.75) is 0 Å². The number of carbonyl (C=O) groups is 1. The normalized spacial score (nSPS) is 10.2. The molecule has 21 heavy (non-hydrogen) atoms. The monoisotopic (exact) mass is 356 g/mol. The number of carbonyl (C=O) groups excluding carboxylic acids is 1. The van der Waals surface area contributed by atoms with E-state index >= 15 is 0 Å². The van der Waals surface area contributed by atoms with Crippen LogP contribution in [0.2, 0.25) is 0 Å². The van der Waals surface area contributed by atoms with E-state index in [1.54, 1.807) is 0 Å². The van der Waals surface area contributed by atoms with Gasteiger partial charge in [0, 0.05) is 10.5 Å². The number of anilines is 1. The van der Waals surface area contributed by atoms with Gasteiger partial charge in [0.1, 0.15) is 22.9 Å². The number of rotatable bonds is 3. The van der Waals surface area contributed by atoms with Gasteiger partial charge in [-0.15, -0.1) is 0 Å². The molecule has 0 saturated heterocycles. The molecule has 2 aromatic carbocycles. The molecule has 0 aliphatic rings. The number of benzene rings is 2. The third-order valence-corrected chi connectivity index (χ3v) is 3.09. The van der Waals surface area contributed by atoms with Gasteiger partial charge in [-0.05, 0) is 24.3 Å². The van der Waals surface area contributed by atoms with Gasteiger partial charge in [0.2, 0.25) is 0 Å². The number of nitro benzene ring substituents is 1. The summed E-state index contributed by atoms with van der Waals surface area (Å²) in [5.74, 6) is -3.20. The number of amides is 1. The minimum absolute atomic E-state index is 0.157. The average Bonchev–Trinajstić information content (AvgIpc) is 2.40. The molecule has 0 heterocycles. The number of hydrogen-bond acceptors (Lipinski definition) is 3. The molecule has 0 fully saturated rings. The summed E-state index contributed by atoms with van der Waals surface area (Å²) in [6.07, 6.45) is 0. The van der Waals surface area contributed by atoms with Crippen LogP contribution in [0.25, 0.3) is 0 Å². The van der Waals surface area contributed by atoms with E-state index in [0.717, 1.165) is 18.2 Å². The van der Waals surface area contributed by atoms with Crippen molar-refractivity contribution < 1.29 is 18.5 Å². The lowest BCUT2D eigenvalue weighted by Gasteiger charge is -2.07. The molecule has 0 spiro atoms. The molecule has 0 bridgehead atoms. The van der Waals surface area contributed by atoms with Crippen LogP contribution in [0.5, 0.6) is 0 Å². The zero-order valence-corrected chi connectivity index (χ0v) is 11.9. The highest BCUT2D eigenvalue weighted by atomic mass is 79.9. The predicted molar refractivity (Wildman–Crippen MR) is 75.1 cm³/mol. The molecule has 0 radical (unpaired) electrons. The topological polar surface area (TPSA) is 72.2 Å². The van der Waals surface area contributed by atoms with Crippen LogP contribution in [0.4, 0.5) is 20.2 Å². The van der Waals surface area contributed by atoms with E-state index in [9.17, 15) is 23.7 Å². The summed E-state index contributed by atoms with van der Waals surface area (Å²) in [5.41, 5.74) is -1.35. The maximum Gasteiger partial charge on any atom is 0.293 e. The molecule has 0 saturated carbocycles. The first-order valence-corrected chi connectivity index (χ1v) is 6.38. The molecule has 0 aliphatic heterocycles. The third-order valence-electron chi connectivity index (χ3n) is 2.59. The van der Waals surface area contributed by atoms with Crippen LogP contribution >= 0.6 is 15.9 Å². The summed E-state index contributed by atoms with van der Waals surface area (Å²) in [5, 5.41) is 13.0. The number of nitro groups is 1. The standard InChI is InChI=1S/C13H7BrF2N2O3/c14-7-4-5-10(11(6-7)18(20)21)17-13(19)12-8(15)2-1-3-9(12)16/h1-6H,(H,17,19). The molecule has 0 unspecified atom stereocenters. The Balaban J connectivity index is 2.39. The van der Waals surface area contributed by atoms with Crippen LogP contribution in [0.1, 0.15) is 10.4 Å². The van der Waals surface area contributed by atoms with Crippen molar-refractivity contribution in [2.24, 2.45) is 0 Å². The largest absolute Gasteiger partial charge is 0.316 e. The van der Waals surface area contributed by atoms with Gasteiger partial charge in [-0.1, -0.05) is 22.0 Å². The summed E-state index contributed by atoms with van der Waals surface area (Å²) in [7, 11) is 0. The van der Waals surface area contributed by atoms with Gasteiger partial charge in [0.25, 0.3) is 11.6 Å². The van der Waals surface area contributed by atoms with Crippen molar-refractivity contribution in [2.75, 3.05) is 5.32 Å². The fourth-order valence-electron chi connectivity index (χ4n) is 1.66. The van der Waals surface area contributed by atoms with Crippen LogP contribution in [-0.2, 0) is 0 Å². The fourth-order valence-corrected chi connectivity index (χ4v) is 2.01. The number of nitrogens with one attached hydrogen (secondary N) is 1. The van der Waals surface area contributed by atoms with E-state index in [4.69, 9.17) is 0 Å². The van der Waals surface area contributed by atoms with E-state index in [1.807, 2.05) is 0 Å². The smallest absolute Gasteiger partial charge is 0.293 e. The van der Waals surface area contributed by atoms with Gasteiger partial charge in [0.05, 0.1) is 4.92 Å². The maximum absolute atomic E-state index is 13.5. The van der Waals surface area contributed by atoms with Gasteiger partial charge in [-0.3, -0.25) is 14.9 Å². The van der Waals surface area contributed by atoms with Crippen LogP contribution in [0, 0.1) is 21.7 Å². The molecule has 5 nitrogen and oxygen atoms in total. The first-order chi connectivity index (χ1) is 9.90. The van der Waals surface area contributed by atoms with Crippen LogP contribution < -0.4 is 5.32 Å². The van der Waals surface area contributed by atoms with Crippen LogP contribution in [0.15, 0.2) is 40.9 Å².